The van der Waals surface area contributed by atoms with Crippen LogP contribution in [-0.2, 0) is 14.8 Å². The van der Waals surface area contributed by atoms with Gasteiger partial charge in [0.05, 0.1) is 12.5 Å². The van der Waals surface area contributed by atoms with Crippen molar-refractivity contribution in [3.63, 3.8) is 0 Å². The summed E-state index contributed by atoms with van der Waals surface area (Å²) in [6, 6.07) is 6.50. The number of aromatic amines is 1. The summed E-state index contributed by atoms with van der Waals surface area (Å²) in [5.74, 6) is 0.143. The Balaban J connectivity index is 1.68. The number of anilines is 2. The van der Waals surface area contributed by atoms with Crippen LogP contribution in [0.15, 0.2) is 41.8 Å². The van der Waals surface area contributed by atoms with Gasteiger partial charge in [-0.2, -0.15) is 8.42 Å². The van der Waals surface area contributed by atoms with Gasteiger partial charge in [-0.25, -0.2) is 4.98 Å². The largest absolute Gasteiger partial charge is 0.334 e. The number of imidazole rings is 1. The van der Waals surface area contributed by atoms with Gasteiger partial charge >= 0.3 is 0 Å². The number of nitrogens with zero attached hydrogens (tertiary/aromatic N) is 1. The number of rotatable bonds is 5. The third-order valence-corrected chi connectivity index (χ3v) is 4.42. The molecule has 3 rings (SSSR count). The summed E-state index contributed by atoms with van der Waals surface area (Å²) in [4.78, 5) is 17.8. The highest BCUT2D eigenvalue weighted by Gasteiger charge is 2.29. The molecule has 0 atom stereocenters. The van der Waals surface area contributed by atoms with Gasteiger partial charge in [-0.05, 0) is 37.1 Å². The lowest BCUT2D eigenvalue weighted by atomic mass is 10.2. The summed E-state index contributed by atoms with van der Waals surface area (Å²) in [5, 5.41) is 2.78. The molecular weight excluding hydrogens is 292 g/mol. The van der Waals surface area contributed by atoms with Gasteiger partial charge < -0.3 is 10.3 Å². The topological polar surface area (TPSA) is 104 Å². The minimum Gasteiger partial charge on any atom is -0.334 e. The molecule has 1 aliphatic carbocycles. The second kappa shape index (κ2) is 5.21. The van der Waals surface area contributed by atoms with Gasteiger partial charge in [0.2, 0.25) is 5.91 Å². The molecule has 110 valence electrons. The van der Waals surface area contributed by atoms with E-state index in [0.717, 1.165) is 12.8 Å². The first-order valence-corrected chi connectivity index (χ1v) is 7.95. The van der Waals surface area contributed by atoms with Gasteiger partial charge in [-0.15, -0.1) is 0 Å². The summed E-state index contributed by atoms with van der Waals surface area (Å²) >= 11 is 0. The number of hydrogen-bond donors (Lipinski definition) is 3. The zero-order valence-corrected chi connectivity index (χ0v) is 11.9. The predicted octanol–water partition coefficient (Wildman–Crippen LogP) is 1.56. The molecule has 0 aliphatic heterocycles. The predicted molar refractivity (Wildman–Crippen MR) is 77.2 cm³/mol. The fraction of sp³-hybridized carbons (Fsp3) is 0.231. The van der Waals surface area contributed by atoms with Crippen LogP contribution in [-0.4, -0.2) is 24.3 Å². The standard InChI is InChI=1S/C13H14N4O3S/c18-13(9-1-2-9)16-10-3-5-11(6-4-10)17-21(19,20)12-7-14-8-15-12/h3-9,17H,1-2H2,(H,14,15)(H,16,18). The number of carbonyl (C=O) groups is 1. The van der Waals surface area contributed by atoms with Crippen molar-refractivity contribution < 1.29 is 13.2 Å². The van der Waals surface area contributed by atoms with Gasteiger partial charge in [0.15, 0.2) is 5.03 Å². The van der Waals surface area contributed by atoms with Crippen LogP contribution >= 0.6 is 0 Å². The van der Waals surface area contributed by atoms with Crippen LogP contribution in [0.2, 0.25) is 0 Å². The SMILES string of the molecule is O=C(Nc1ccc(NS(=O)(=O)c2cnc[nH]2)cc1)C1CC1. The highest BCUT2D eigenvalue weighted by Crippen LogP contribution is 2.30. The maximum Gasteiger partial charge on any atom is 0.278 e. The molecule has 1 aromatic heterocycles. The molecule has 0 spiro atoms. The van der Waals surface area contributed by atoms with Crippen molar-refractivity contribution in [2.45, 2.75) is 17.9 Å². The number of amides is 1. The van der Waals surface area contributed by atoms with Crippen molar-refractivity contribution in [3.8, 4) is 0 Å². The summed E-state index contributed by atoms with van der Waals surface area (Å²) in [5.41, 5.74) is 1.06. The van der Waals surface area contributed by atoms with Crippen molar-refractivity contribution in [2.24, 2.45) is 5.92 Å². The van der Waals surface area contributed by atoms with E-state index in [1.807, 2.05) is 0 Å². The molecule has 1 heterocycles. The average Bonchev–Trinajstić information content (AvgIpc) is 3.15. The molecule has 2 aromatic rings. The lowest BCUT2D eigenvalue weighted by Crippen LogP contribution is -2.14. The molecule has 1 aliphatic rings. The second-order valence-corrected chi connectivity index (χ2v) is 6.51. The van der Waals surface area contributed by atoms with Crippen LogP contribution in [0.25, 0.3) is 0 Å². The first-order valence-electron chi connectivity index (χ1n) is 6.47. The number of aromatic nitrogens is 2. The normalized spacial score (nSPS) is 14.7. The Morgan fingerprint density at radius 2 is 1.86 bits per heavy atom. The molecule has 3 N–H and O–H groups in total. The quantitative estimate of drug-likeness (QED) is 0.779. The number of hydrogen-bond acceptors (Lipinski definition) is 4. The van der Waals surface area contributed by atoms with E-state index in [1.54, 1.807) is 24.3 Å². The van der Waals surface area contributed by atoms with Crippen LogP contribution in [0.1, 0.15) is 12.8 Å². The molecule has 0 bridgehead atoms. The molecule has 0 radical (unpaired) electrons. The molecular formula is C13H14N4O3S. The van der Waals surface area contributed by atoms with E-state index < -0.39 is 10.0 Å². The van der Waals surface area contributed by atoms with Gasteiger partial charge in [0, 0.05) is 17.3 Å². The Morgan fingerprint density at radius 1 is 1.19 bits per heavy atom. The van der Waals surface area contributed by atoms with E-state index in [4.69, 9.17) is 0 Å². The van der Waals surface area contributed by atoms with E-state index in [9.17, 15) is 13.2 Å². The number of H-pyrrole nitrogens is 1. The summed E-state index contributed by atoms with van der Waals surface area (Å²) < 4.78 is 26.4. The van der Waals surface area contributed by atoms with Crippen LogP contribution in [0.5, 0.6) is 0 Å². The molecule has 7 nitrogen and oxygen atoms in total. The minimum absolute atomic E-state index is 0.00591. The van der Waals surface area contributed by atoms with E-state index in [1.165, 1.54) is 12.5 Å². The first kappa shape index (κ1) is 13.6. The van der Waals surface area contributed by atoms with Gasteiger partial charge in [-0.3, -0.25) is 9.52 Å². The zero-order valence-electron chi connectivity index (χ0n) is 11.0. The Bertz CT molecular complexity index is 734. The fourth-order valence-electron chi connectivity index (χ4n) is 1.81. The van der Waals surface area contributed by atoms with Crippen molar-refractivity contribution in [3.05, 3.63) is 36.8 Å². The summed E-state index contributed by atoms with van der Waals surface area (Å²) in [7, 11) is -3.66. The Labute approximate surface area is 121 Å². The lowest BCUT2D eigenvalue weighted by Gasteiger charge is -2.08. The van der Waals surface area contributed by atoms with Crippen molar-refractivity contribution in [1.82, 2.24) is 9.97 Å². The second-order valence-electron chi connectivity index (χ2n) is 4.86. The van der Waals surface area contributed by atoms with E-state index in [-0.39, 0.29) is 16.9 Å². The highest BCUT2D eigenvalue weighted by atomic mass is 32.2. The third kappa shape index (κ3) is 3.22. The highest BCUT2D eigenvalue weighted by molar-refractivity contribution is 7.92. The smallest absolute Gasteiger partial charge is 0.278 e. The van der Waals surface area contributed by atoms with Crippen LogP contribution in [0.4, 0.5) is 11.4 Å². The maximum absolute atomic E-state index is 12.0. The van der Waals surface area contributed by atoms with Crippen molar-refractivity contribution in [2.75, 3.05) is 10.0 Å². The van der Waals surface area contributed by atoms with E-state index in [2.05, 4.69) is 20.0 Å². The van der Waals surface area contributed by atoms with Crippen molar-refractivity contribution >= 4 is 27.3 Å². The Morgan fingerprint density at radius 3 is 2.43 bits per heavy atom. The number of carbonyl (C=O) groups excluding carboxylic acids is 1. The van der Waals surface area contributed by atoms with E-state index in [0.29, 0.717) is 11.4 Å². The van der Waals surface area contributed by atoms with Crippen molar-refractivity contribution in [1.29, 1.82) is 0 Å². The van der Waals surface area contributed by atoms with Crippen LogP contribution in [0.3, 0.4) is 0 Å². The monoisotopic (exact) mass is 306 g/mol. The Kier molecular flexibility index (Phi) is 3.38. The summed E-state index contributed by atoms with van der Waals surface area (Å²) in [6.45, 7) is 0. The molecule has 21 heavy (non-hydrogen) atoms. The number of benzene rings is 1. The Hall–Kier alpha value is -2.35. The number of sulfonamides is 1. The van der Waals surface area contributed by atoms with E-state index >= 15 is 0 Å². The van der Waals surface area contributed by atoms with Gasteiger partial charge in [0.25, 0.3) is 10.0 Å². The zero-order chi connectivity index (χ0) is 14.9. The average molecular weight is 306 g/mol. The molecule has 1 amide bonds. The molecule has 0 saturated heterocycles. The molecule has 1 fully saturated rings. The fourth-order valence-corrected chi connectivity index (χ4v) is 2.78. The molecule has 1 saturated carbocycles. The number of nitrogens with one attached hydrogen (secondary N) is 3. The van der Waals surface area contributed by atoms with Gasteiger partial charge in [0.1, 0.15) is 0 Å². The maximum atomic E-state index is 12.0. The van der Waals surface area contributed by atoms with Gasteiger partial charge in [-0.1, -0.05) is 0 Å². The molecule has 0 unspecified atom stereocenters. The van der Waals surface area contributed by atoms with Crippen LogP contribution in [0, 0.1) is 5.92 Å². The third-order valence-electron chi connectivity index (χ3n) is 3.12. The molecule has 8 heteroatoms. The minimum atomic E-state index is -3.66. The summed E-state index contributed by atoms with van der Waals surface area (Å²) in [6.07, 6.45) is 4.40. The van der Waals surface area contributed by atoms with Crippen LogP contribution < -0.4 is 10.0 Å². The molecule has 1 aromatic carbocycles. The first-order chi connectivity index (χ1) is 10.0. The lowest BCUT2D eigenvalue weighted by molar-refractivity contribution is -0.117.